The predicted molar refractivity (Wildman–Crippen MR) is 105 cm³/mol. The van der Waals surface area contributed by atoms with Crippen molar-refractivity contribution in [3.63, 3.8) is 0 Å². The maximum atomic E-state index is 14.0. The summed E-state index contributed by atoms with van der Waals surface area (Å²) in [6.45, 7) is 5.10. The number of nitrogens with zero attached hydrogens (tertiary/aromatic N) is 1. The van der Waals surface area contributed by atoms with Gasteiger partial charge in [-0.15, -0.1) is 0 Å². The summed E-state index contributed by atoms with van der Waals surface area (Å²) in [4.78, 5) is 16.9. The Morgan fingerprint density at radius 2 is 1.90 bits per heavy atom. The number of hydrogen-bond donors (Lipinski definition) is 1. The van der Waals surface area contributed by atoms with Crippen molar-refractivity contribution in [2.75, 3.05) is 0 Å². The number of aryl methyl sites for hydroxylation is 1. The smallest absolute Gasteiger partial charge is 0.374 e. The second-order valence-electron chi connectivity index (χ2n) is 6.50. The number of rotatable bonds is 4. The summed E-state index contributed by atoms with van der Waals surface area (Å²) in [5, 5.41) is 6.27. The van der Waals surface area contributed by atoms with E-state index in [0.29, 0.717) is 16.7 Å². The van der Waals surface area contributed by atoms with Crippen LogP contribution in [0.1, 0.15) is 33.5 Å². The Hall–Kier alpha value is -2.51. The summed E-state index contributed by atoms with van der Waals surface area (Å²) < 4.78 is 42.1. The summed E-state index contributed by atoms with van der Waals surface area (Å²) in [6, 6.07) is 8.27. The molecule has 0 aromatic heterocycles. The molecule has 0 aliphatic carbocycles. The van der Waals surface area contributed by atoms with Crippen molar-refractivity contribution in [2.24, 2.45) is 5.16 Å². The molecule has 0 fully saturated rings. The van der Waals surface area contributed by atoms with E-state index in [9.17, 15) is 18.0 Å². The van der Waals surface area contributed by atoms with Crippen LogP contribution in [-0.2, 0) is 10.4 Å². The summed E-state index contributed by atoms with van der Waals surface area (Å²) in [6.07, 6.45) is -4.09. The molecule has 4 nitrogen and oxygen atoms in total. The lowest BCUT2D eigenvalue weighted by Gasteiger charge is -2.29. The molecular weight excluding hydrogens is 428 g/mol. The fraction of sp³-hybridized carbons (Fsp3) is 0.200. The van der Waals surface area contributed by atoms with E-state index in [1.54, 1.807) is 13.0 Å². The van der Waals surface area contributed by atoms with Crippen LogP contribution in [0.2, 0.25) is 10.0 Å². The van der Waals surface area contributed by atoms with Gasteiger partial charge in [-0.1, -0.05) is 41.0 Å². The third-order valence-corrected chi connectivity index (χ3v) is 4.99. The van der Waals surface area contributed by atoms with Crippen LogP contribution in [-0.4, -0.2) is 17.8 Å². The van der Waals surface area contributed by atoms with Gasteiger partial charge >= 0.3 is 6.18 Å². The lowest BCUT2D eigenvalue weighted by Crippen LogP contribution is -2.42. The van der Waals surface area contributed by atoms with Gasteiger partial charge in [-0.2, -0.15) is 13.2 Å². The number of halogens is 5. The Morgan fingerprint density at radius 3 is 2.45 bits per heavy atom. The second-order valence-corrected chi connectivity index (χ2v) is 7.37. The Bertz CT molecular complexity index is 1000. The molecule has 2 aromatic rings. The van der Waals surface area contributed by atoms with E-state index >= 15 is 0 Å². The van der Waals surface area contributed by atoms with E-state index in [1.165, 1.54) is 24.4 Å². The lowest BCUT2D eigenvalue weighted by atomic mass is 9.86. The largest absolute Gasteiger partial charge is 0.435 e. The third kappa shape index (κ3) is 3.97. The van der Waals surface area contributed by atoms with Gasteiger partial charge in [0.15, 0.2) is 0 Å². The van der Waals surface area contributed by atoms with E-state index in [-0.39, 0.29) is 27.2 Å². The molecule has 1 aliphatic heterocycles. The molecule has 9 heteroatoms. The standard InChI is InChI=1S/C20H15Cl2F3N2O2/c1-3-26-18(28)16-5-4-12(6-11(16)2)17-10-19(29-27-17,20(23,24)25)13-7-14(21)9-15(22)8-13/h3-9H,1,10H2,2H3,(H,26,28). The van der Waals surface area contributed by atoms with Crippen molar-refractivity contribution in [3.05, 3.63) is 81.5 Å². The quantitative estimate of drug-likeness (QED) is 0.654. The topological polar surface area (TPSA) is 50.7 Å². The normalized spacial score (nSPS) is 18.8. The van der Waals surface area contributed by atoms with Gasteiger partial charge in [0.2, 0.25) is 0 Å². The van der Waals surface area contributed by atoms with Crippen LogP contribution in [0.15, 0.2) is 54.3 Å². The van der Waals surface area contributed by atoms with Gasteiger partial charge in [0.1, 0.15) is 0 Å². The minimum atomic E-state index is -4.77. The number of oxime groups is 1. The number of amides is 1. The summed E-state index contributed by atoms with van der Waals surface area (Å²) in [7, 11) is 0. The third-order valence-electron chi connectivity index (χ3n) is 4.55. The van der Waals surface area contributed by atoms with Crippen LogP contribution >= 0.6 is 23.2 Å². The van der Waals surface area contributed by atoms with Crippen LogP contribution in [0, 0.1) is 6.92 Å². The number of nitrogens with one attached hydrogen (secondary N) is 1. The molecule has 0 saturated heterocycles. The average molecular weight is 443 g/mol. The van der Waals surface area contributed by atoms with Gasteiger partial charge < -0.3 is 10.2 Å². The second kappa shape index (κ2) is 7.72. The van der Waals surface area contributed by atoms with Crippen LogP contribution in [0.4, 0.5) is 13.2 Å². The van der Waals surface area contributed by atoms with E-state index in [1.807, 2.05) is 0 Å². The molecule has 1 unspecified atom stereocenters. The first kappa shape index (κ1) is 21.2. The van der Waals surface area contributed by atoms with E-state index < -0.39 is 18.2 Å². The van der Waals surface area contributed by atoms with Crippen molar-refractivity contribution in [3.8, 4) is 0 Å². The number of alkyl halides is 3. The average Bonchev–Trinajstić information content (AvgIpc) is 3.07. The minimum Gasteiger partial charge on any atom is -0.374 e. The molecule has 1 N–H and O–H groups in total. The number of carbonyl (C=O) groups excluding carboxylic acids is 1. The van der Waals surface area contributed by atoms with E-state index in [4.69, 9.17) is 28.0 Å². The first-order valence-corrected chi connectivity index (χ1v) is 9.14. The molecule has 0 spiro atoms. The molecule has 152 valence electrons. The van der Waals surface area contributed by atoms with E-state index in [2.05, 4.69) is 17.1 Å². The van der Waals surface area contributed by atoms with Crippen LogP contribution < -0.4 is 5.32 Å². The minimum absolute atomic E-state index is 0.0570. The molecule has 1 amide bonds. The monoisotopic (exact) mass is 442 g/mol. The fourth-order valence-corrected chi connectivity index (χ4v) is 3.64. The summed E-state index contributed by atoms with van der Waals surface area (Å²) in [5.74, 6) is -0.369. The van der Waals surface area contributed by atoms with Gasteiger partial charge in [-0.25, -0.2) is 0 Å². The fourth-order valence-electron chi connectivity index (χ4n) is 3.11. The molecule has 1 heterocycles. The maximum absolute atomic E-state index is 14.0. The van der Waals surface area contributed by atoms with Crippen LogP contribution in [0.5, 0.6) is 0 Å². The molecule has 2 aromatic carbocycles. The van der Waals surface area contributed by atoms with Gasteiger partial charge in [0.05, 0.1) is 5.71 Å². The van der Waals surface area contributed by atoms with Crippen molar-refractivity contribution >= 4 is 34.8 Å². The predicted octanol–water partition coefficient (Wildman–Crippen LogP) is 5.76. The molecule has 1 aliphatic rings. The Morgan fingerprint density at radius 1 is 1.24 bits per heavy atom. The van der Waals surface area contributed by atoms with Gasteiger partial charge in [-0.05, 0) is 54.6 Å². The maximum Gasteiger partial charge on any atom is 0.435 e. The number of hydrogen-bond acceptors (Lipinski definition) is 3. The first-order chi connectivity index (χ1) is 13.6. The number of benzene rings is 2. The molecule has 0 bridgehead atoms. The highest BCUT2D eigenvalue weighted by molar-refractivity contribution is 6.34. The highest BCUT2D eigenvalue weighted by atomic mass is 35.5. The SMILES string of the molecule is C=CNC(=O)c1ccc(C2=NOC(c3cc(Cl)cc(Cl)c3)(C(F)(F)F)C2)cc1C. The molecule has 1 atom stereocenters. The van der Waals surface area contributed by atoms with Gasteiger partial charge in [0.25, 0.3) is 11.5 Å². The molecule has 0 radical (unpaired) electrons. The van der Waals surface area contributed by atoms with Gasteiger partial charge in [0, 0.05) is 27.6 Å². The zero-order valence-electron chi connectivity index (χ0n) is 15.1. The zero-order valence-corrected chi connectivity index (χ0v) is 16.6. The van der Waals surface area contributed by atoms with Crippen molar-refractivity contribution in [1.82, 2.24) is 5.32 Å². The van der Waals surface area contributed by atoms with Crippen molar-refractivity contribution < 1.29 is 22.8 Å². The molecule has 29 heavy (non-hydrogen) atoms. The highest BCUT2D eigenvalue weighted by Crippen LogP contribution is 2.49. The number of carbonyl (C=O) groups is 1. The lowest BCUT2D eigenvalue weighted by molar-refractivity contribution is -0.275. The Labute approximate surface area is 174 Å². The zero-order chi connectivity index (χ0) is 21.4. The van der Waals surface area contributed by atoms with E-state index in [0.717, 1.165) is 12.1 Å². The van der Waals surface area contributed by atoms with Crippen molar-refractivity contribution in [2.45, 2.75) is 25.1 Å². The molecular formula is C20H15Cl2F3N2O2. The summed E-state index contributed by atoms with van der Waals surface area (Å²) >= 11 is 11.8. The Kier molecular flexibility index (Phi) is 5.65. The van der Waals surface area contributed by atoms with Crippen molar-refractivity contribution in [1.29, 1.82) is 0 Å². The van der Waals surface area contributed by atoms with Crippen LogP contribution in [0.25, 0.3) is 0 Å². The highest BCUT2D eigenvalue weighted by Gasteiger charge is 2.62. The molecule has 0 saturated carbocycles. The molecule has 3 rings (SSSR count). The summed E-state index contributed by atoms with van der Waals surface area (Å²) in [5.41, 5.74) is -1.49. The Balaban J connectivity index is 1.98. The van der Waals surface area contributed by atoms with Gasteiger partial charge in [-0.3, -0.25) is 4.79 Å². The van der Waals surface area contributed by atoms with Crippen LogP contribution in [0.3, 0.4) is 0 Å². The first-order valence-electron chi connectivity index (χ1n) is 8.38.